The molecule has 3 aromatic heterocycles. The van der Waals surface area contributed by atoms with Crippen LogP contribution in [0.25, 0.3) is 89.9 Å². The van der Waals surface area contributed by atoms with E-state index in [0.29, 0.717) is 0 Å². The van der Waals surface area contributed by atoms with Crippen LogP contribution in [-0.2, 0) is 0 Å². The van der Waals surface area contributed by atoms with Gasteiger partial charge in [-0.05, 0) is 22.3 Å². The standard InChI is InChI=1S/C44H22F8N4/c45-29-31(47)39-26(22-15-7-2-8-16-22)41-33(49)35(51)43(55-41)28(24-19-11-4-12-20-24)44-36(52)34(50)42(56-44)27(23-17-9-3-10-18-23)40-32(48)30(46)38(54-40)25(37(29)53-39)21-13-5-1-6-14-21/h1-20,53,56H. The van der Waals surface area contributed by atoms with Gasteiger partial charge in [0, 0.05) is 22.3 Å². The number of rotatable bonds is 4. The van der Waals surface area contributed by atoms with Crippen molar-refractivity contribution in [2.45, 2.75) is 0 Å². The van der Waals surface area contributed by atoms with Crippen LogP contribution in [0.3, 0.4) is 0 Å². The van der Waals surface area contributed by atoms with Crippen LogP contribution in [0.5, 0.6) is 0 Å². The number of hydrogen-bond acceptors (Lipinski definition) is 2. The van der Waals surface area contributed by atoms with Gasteiger partial charge in [0.05, 0.1) is 22.1 Å². The smallest absolute Gasteiger partial charge is 0.187 e. The first kappa shape index (κ1) is 34.7. The van der Waals surface area contributed by atoms with Crippen molar-refractivity contribution in [3.8, 4) is 44.5 Å². The van der Waals surface area contributed by atoms with Crippen LogP contribution in [-0.4, -0.2) is 19.9 Å². The lowest BCUT2D eigenvalue weighted by Crippen LogP contribution is -1.91. The molecule has 12 heteroatoms. The Labute approximate surface area is 311 Å². The number of nitrogens with zero attached hydrogens (tertiary/aromatic N) is 2. The van der Waals surface area contributed by atoms with Crippen molar-refractivity contribution in [1.82, 2.24) is 19.9 Å². The molecule has 2 aliphatic heterocycles. The highest BCUT2D eigenvalue weighted by Crippen LogP contribution is 2.47. The Morgan fingerprint density at radius 2 is 0.482 bits per heavy atom. The van der Waals surface area contributed by atoms with Gasteiger partial charge >= 0.3 is 0 Å². The van der Waals surface area contributed by atoms with E-state index in [4.69, 9.17) is 0 Å². The lowest BCUT2D eigenvalue weighted by molar-refractivity contribution is 0.529. The zero-order valence-electron chi connectivity index (χ0n) is 28.5. The SMILES string of the molecule is FC1=C(F)c2nc1c(-c1ccccc1)c1[nH]c(c(F)c1F)c(-c1ccccc1)c1nc(c(-c3ccccc3)c3[nH]c(c(F)c3F)c2-c2ccccc2)C(F)=C1F. The summed E-state index contributed by atoms with van der Waals surface area (Å²) in [5.74, 6) is -12.8. The van der Waals surface area contributed by atoms with E-state index in [0.717, 1.165) is 0 Å². The van der Waals surface area contributed by atoms with Crippen molar-refractivity contribution in [2.75, 3.05) is 0 Å². The van der Waals surface area contributed by atoms with Crippen molar-refractivity contribution >= 4 is 45.4 Å². The van der Waals surface area contributed by atoms with Crippen LogP contribution < -0.4 is 0 Å². The minimum absolute atomic E-state index is 0.0400. The maximum absolute atomic E-state index is 16.5. The zero-order chi connectivity index (χ0) is 38.8. The van der Waals surface area contributed by atoms with Crippen LogP contribution in [0.2, 0.25) is 0 Å². The number of aromatic amines is 2. The summed E-state index contributed by atoms with van der Waals surface area (Å²) < 4.78 is 132. The molecular weight excluding hydrogens is 736 g/mol. The largest absolute Gasteiger partial charge is 0.349 e. The van der Waals surface area contributed by atoms with Crippen molar-refractivity contribution in [2.24, 2.45) is 0 Å². The normalized spacial score (nSPS) is 12.9. The van der Waals surface area contributed by atoms with E-state index in [-0.39, 0.29) is 22.3 Å². The summed E-state index contributed by atoms with van der Waals surface area (Å²) >= 11 is 0. The number of nitrogens with one attached hydrogen (secondary N) is 2. The fourth-order valence-electron chi connectivity index (χ4n) is 7.11. The molecule has 5 heterocycles. The van der Waals surface area contributed by atoms with E-state index in [1.165, 1.54) is 97.1 Å². The third-order valence-corrected chi connectivity index (χ3v) is 9.62. The molecule has 274 valence electrons. The molecule has 0 fully saturated rings. The molecule has 0 unspecified atom stereocenters. The number of fused-ring (bicyclic) bond motifs is 8. The predicted octanol–water partition coefficient (Wildman–Crippen LogP) is 13.1. The molecule has 0 amide bonds. The summed E-state index contributed by atoms with van der Waals surface area (Å²) in [4.78, 5) is 13.7. The van der Waals surface area contributed by atoms with Crippen molar-refractivity contribution in [3.05, 3.63) is 167 Å². The van der Waals surface area contributed by atoms with E-state index < -0.39 is 114 Å². The highest BCUT2D eigenvalue weighted by molar-refractivity contribution is 6.04. The molecule has 0 atom stereocenters. The van der Waals surface area contributed by atoms with Gasteiger partial charge in [-0.25, -0.2) is 45.1 Å². The number of H-pyrrole nitrogens is 2. The molecule has 0 radical (unpaired) electrons. The predicted molar refractivity (Wildman–Crippen MR) is 201 cm³/mol. The summed E-state index contributed by atoms with van der Waals surface area (Å²) in [5.41, 5.74) is -7.86. The summed E-state index contributed by atoms with van der Waals surface area (Å²) in [6, 6.07) is 29.7. The van der Waals surface area contributed by atoms with Crippen LogP contribution >= 0.6 is 0 Å². The zero-order valence-corrected chi connectivity index (χ0v) is 28.5. The molecule has 0 saturated heterocycles. The quantitative estimate of drug-likeness (QED) is 0.176. The maximum Gasteiger partial charge on any atom is 0.187 e. The monoisotopic (exact) mass is 758 g/mol. The van der Waals surface area contributed by atoms with E-state index in [2.05, 4.69) is 19.9 Å². The first-order valence-corrected chi connectivity index (χ1v) is 17.0. The van der Waals surface area contributed by atoms with Gasteiger partial charge in [-0.3, -0.25) is 0 Å². The molecule has 4 nitrogen and oxygen atoms in total. The lowest BCUT2D eigenvalue weighted by atomic mass is 10.0. The topological polar surface area (TPSA) is 57.4 Å². The summed E-state index contributed by atoms with van der Waals surface area (Å²) in [5, 5.41) is 0. The van der Waals surface area contributed by atoms with Gasteiger partial charge < -0.3 is 9.97 Å². The van der Waals surface area contributed by atoms with Crippen molar-refractivity contribution < 1.29 is 35.1 Å². The average molecular weight is 759 g/mol. The molecule has 2 aliphatic rings. The third-order valence-electron chi connectivity index (χ3n) is 9.62. The number of hydrogen-bond donors (Lipinski definition) is 2. The van der Waals surface area contributed by atoms with Crippen molar-refractivity contribution in [1.29, 1.82) is 0 Å². The molecule has 9 rings (SSSR count). The first-order chi connectivity index (χ1) is 27.2. The molecule has 2 N–H and O–H groups in total. The minimum Gasteiger partial charge on any atom is -0.349 e. The van der Waals surface area contributed by atoms with Gasteiger partial charge in [0.25, 0.3) is 0 Å². The highest BCUT2D eigenvalue weighted by Gasteiger charge is 2.34. The summed E-state index contributed by atoms with van der Waals surface area (Å²) in [7, 11) is 0. The molecule has 0 aliphatic carbocycles. The Hall–Kier alpha value is -7.08. The molecule has 8 bridgehead atoms. The Kier molecular flexibility index (Phi) is 8.26. The van der Waals surface area contributed by atoms with E-state index in [9.17, 15) is 0 Å². The second-order valence-electron chi connectivity index (χ2n) is 12.8. The second-order valence-corrected chi connectivity index (χ2v) is 12.8. The maximum atomic E-state index is 16.5. The van der Waals surface area contributed by atoms with Crippen LogP contribution in [0.4, 0.5) is 35.1 Å². The molecule has 56 heavy (non-hydrogen) atoms. The fraction of sp³-hybridized carbons (Fsp3) is 0. The Morgan fingerprint density at radius 1 is 0.286 bits per heavy atom. The third kappa shape index (κ3) is 5.28. The Balaban J connectivity index is 1.63. The van der Waals surface area contributed by atoms with Gasteiger partial charge in [0.1, 0.15) is 22.8 Å². The van der Waals surface area contributed by atoms with Gasteiger partial charge in [-0.2, -0.15) is 0 Å². The van der Waals surface area contributed by atoms with Crippen LogP contribution in [0, 0.1) is 23.3 Å². The molecule has 4 aromatic carbocycles. The molecule has 0 saturated carbocycles. The summed E-state index contributed by atoms with van der Waals surface area (Å²) in [6.07, 6.45) is 0. The van der Waals surface area contributed by atoms with Crippen LogP contribution in [0.15, 0.2) is 121 Å². The molecule has 0 spiro atoms. The minimum atomic E-state index is -1.61. The van der Waals surface area contributed by atoms with Gasteiger partial charge in [-0.1, -0.05) is 121 Å². The highest BCUT2D eigenvalue weighted by atomic mass is 19.2. The van der Waals surface area contributed by atoms with Crippen LogP contribution in [0.1, 0.15) is 22.8 Å². The van der Waals surface area contributed by atoms with E-state index in [1.54, 1.807) is 24.3 Å². The number of benzene rings is 4. The Morgan fingerprint density at radius 3 is 0.679 bits per heavy atom. The number of aromatic nitrogens is 4. The second kappa shape index (κ2) is 13.3. The average Bonchev–Trinajstić information content (AvgIpc) is 3.89. The Bertz CT molecular complexity index is 2580. The lowest BCUT2D eigenvalue weighted by Gasteiger charge is -2.06. The van der Waals surface area contributed by atoms with Gasteiger partial charge in [0.15, 0.2) is 46.6 Å². The van der Waals surface area contributed by atoms with Crippen molar-refractivity contribution in [3.63, 3.8) is 0 Å². The summed E-state index contributed by atoms with van der Waals surface area (Å²) in [6.45, 7) is 0. The molecular formula is C44H22F8N4. The van der Waals surface area contributed by atoms with E-state index >= 15 is 35.1 Å². The molecule has 7 aromatic rings. The van der Waals surface area contributed by atoms with Gasteiger partial charge in [0.2, 0.25) is 0 Å². The fourth-order valence-corrected chi connectivity index (χ4v) is 7.11. The van der Waals surface area contributed by atoms with E-state index in [1.807, 2.05) is 0 Å². The van der Waals surface area contributed by atoms with Gasteiger partial charge in [-0.15, -0.1) is 0 Å². The number of halogens is 8. The first-order valence-electron chi connectivity index (χ1n) is 17.0.